The Bertz CT molecular complexity index is 407. The zero-order valence-corrected chi connectivity index (χ0v) is 12.1. The van der Waals surface area contributed by atoms with E-state index in [4.69, 9.17) is 5.73 Å². The van der Waals surface area contributed by atoms with Crippen LogP contribution in [0, 0.1) is 0 Å². The molecule has 1 aromatic rings. The van der Waals surface area contributed by atoms with Crippen LogP contribution >= 0.6 is 0 Å². The zero-order valence-electron chi connectivity index (χ0n) is 11.3. The minimum absolute atomic E-state index is 0.0194. The third-order valence-electron chi connectivity index (χ3n) is 2.65. The molecule has 0 aliphatic carbocycles. The van der Waals surface area contributed by atoms with Crippen molar-refractivity contribution in [1.82, 2.24) is 5.32 Å². The van der Waals surface area contributed by atoms with Crippen molar-refractivity contribution in [2.75, 3.05) is 12.3 Å². The van der Waals surface area contributed by atoms with E-state index in [9.17, 15) is 9.00 Å². The fourth-order valence-electron chi connectivity index (χ4n) is 1.58. The van der Waals surface area contributed by atoms with Crippen LogP contribution in [-0.4, -0.2) is 28.5 Å². The first-order chi connectivity index (χ1) is 9.08. The third-order valence-corrected chi connectivity index (χ3v) is 3.96. The van der Waals surface area contributed by atoms with Crippen molar-refractivity contribution < 1.29 is 9.00 Å². The maximum absolute atomic E-state index is 11.8. The van der Waals surface area contributed by atoms with E-state index in [1.165, 1.54) is 0 Å². The lowest BCUT2D eigenvalue weighted by atomic mass is 10.2. The number of benzene rings is 1. The molecule has 2 atom stereocenters. The van der Waals surface area contributed by atoms with Gasteiger partial charge in [-0.2, -0.15) is 0 Å². The average Bonchev–Trinajstić information content (AvgIpc) is 2.37. The summed E-state index contributed by atoms with van der Waals surface area (Å²) in [5.41, 5.74) is 6.63. The van der Waals surface area contributed by atoms with Gasteiger partial charge in [0.15, 0.2) is 0 Å². The predicted molar refractivity (Wildman–Crippen MR) is 79.0 cm³/mol. The van der Waals surface area contributed by atoms with Crippen LogP contribution in [0.2, 0.25) is 0 Å². The molecule has 4 nitrogen and oxygen atoms in total. The van der Waals surface area contributed by atoms with Gasteiger partial charge in [0.1, 0.15) is 0 Å². The van der Waals surface area contributed by atoms with E-state index in [0.717, 1.165) is 5.56 Å². The normalized spacial score (nSPS) is 13.8. The molecular weight excluding hydrogens is 260 g/mol. The standard InChI is InChI=1S/C14H22N2O2S/c1-12(15)7-8-14(17)16-9-10-19(18)11-13-5-3-2-4-6-13/h2-6,12H,7-11,15H2,1H3,(H,16,17). The van der Waals surface area contributed by atoms with Crippen molar-refractivity contribution in [2.45, 2.75) is 31.6 Å². The highest BCUT2D eigenvalue weighted by Crippen LogP contribution is 2.02. The van der Waals surface area contributed by atoms with E-state index in [-0.39, 0.29) is 11.9 Å². The highest BCUT2D eigenvalue weighted by atomic mass is 32.2. The van der Waals surface area contributed by atoms with Crippen LogP contribution in [0.3, 0.4) is 0 Å². The van der Waals surface area contributed by atoms with Crippen LogP contribution < -0.4 is 11.1 Å². The van der Waals surface area contributed by atoms with E-state index >= 15 is 0 Å². The predicted octanol–water partition coefficient (Wildman–Crippen LogP) is 1.18. The van der Waals surface area contributed by atoms with Crippen molar-refractivity contribution in [2.24, 2.45) is 5.73 Å². The topological polar surface area (TPSA) is 72.2 Å². The van der Waals surface area contributed by atoms with Crippen molar-refractivity contribution in [3.8, 4) is 0 Å². The van der Waals surface area contributed by atoms with Gasteiger partial charge in [0.25, 0.3) is 0 Å². The zero-order chi connectivity index (χ0) is 14.1. The Morgan fingerprint density at radius 3 is 2.68 bits per heavy atom. The summed E-state index contributed by atoms with van der Waals surface area (Å²) in [6.45, 7) is 2.33. The number of nitrogens with two attached hydrogens (primary N) is 1. The fraction of sp³-hybridized carbons (Fsp3) is 0.500. The van der Waals surface area contributed by atoms with E-state index < -0.39 is 10.8 Å². The number of carbonyl (C=O) groups excluding carboxylic acids is 1. The molecule has 0 fully saturated rings. The quantitative estimate of drug-likeness (QED) is 0.752. The lowest BCUT2D eigenvalue weighted by Crippen LogP contribution is -2.29. The second-order valence-electron chi connectivity index (χ2n) is 4.64. The summed E-state index contributed by atoms with van der Waals surface area (Å²) in [5, 5.41) is 2.77. The van der Waals surface area contributed by atoms with Gasteiger partial charge >= 0.3 is 0 Å². The van der Waals surface area contributed by atoms with Crippen LogP contribution in [-0.2, 0) is 21.3 Å². The fourth-order valence-corrected chi connectivity index (χ4v) is 2.62. The van der Waals surface area contributed by atoms with Crippen LogP contribution in [0.5, 0.6) is 0 Å². The molecule has 0 saturated carbocycles. The molecule has 0 heterocycles. The first kappa shape index (κ1) is 15.9. The molecule has 0 aliphatic heterocycles. The van der Waals surface area contributed by atoms with Gasteiger partial charge in [-0.1, -0.05) is 30.3 Å². The summed E-state index contributed by atoms with van der Waals surface area (Å²) in [6.07, 6.45) is 1.11. The molecular formula is C14H22N2O2S. The number of rotatable bonds is 8. The van der Waals surface area contributed by atoms with Crippen molar-refractivity contribution in [3.63, 3.8) is 0 Å². The molecule has 106 valence electrons. The van der Waals surface area contributed by atoms with E-state index in [1.807, 2.05) is 37.3 Å². The van der Waals surface area contributed by atoms with Crippen molar-refractivity contribution in [3.05, 3.63) is 35.9 Å². The number of amides is 1. The molecule has 19 heavy (non-hydrogen) atoms. The lowest BCUT2D eigenvalue weighted by Gasteiger charge is -2.07. The van der Waals surface area contributed by atoms with Gasteiger partial charge in [-0.05, 0) is 18.9 Å². The number of hydrogen-bond acceptors (Lipinski definition) is 3. The van der Waals surface area contributed by atoms with Crippen LogP contribution in [0.1, 0.15) is 25.3 Å². The second-order valence-corrected chi connectivity index (χ2v) is 6.22. The van der Waals surface area contributed by atoms with Gasteiger partial charge < -0.3 is 11.1 Å². The Morgan fingerprint density at radius 2 is 2.05 bits per heavy atom. The summed E-state index contributed by atoms with van der Waals surface area (Å²) in [6, 6.07) is 9.76. The summed E-state index contributed by atoms with van der Waals surface area (Å²) < 4.78 is 11.8. The van der Waals surface area contributed by atoms with Gasteiger partial charge in [0, 0.05) is 41.3 Å². The SMILES string of the molecule is CC(N)CCC(=O)NCCS(=O)Cc1ccccc1. The minimum Gasteiger partial charge on any atom is -0.355 e. The number of hydrogen-bond donors (Lipinski definition) is 2. The van der Waals surface area contributed by atoms with Gasteiger partial charge in [-0.3, -0.25) is 9.00 Å². The Balaban J connectivity index is 2.15. The van der Waals surface area contributed by atoms with Crippen LogP contribution in [0.4, 0.5) is 0 Å². The summed E-state index contributed by atoms with van der Waals surface area (Å²) in [4.78, 5) is 11.4. The Morgan fingerprint density at radius 1 is 1.37 bits per heavy atom. The average molecular weight is 282 g/mol. The van der Waals surface area contributed by atoms with Gasteiger partial charge in [0.05, 0.1) is 0 Å². The second kappa shape index (κ2) is 8.82. The largest absolute Gasteiger partial charge is 0.355 e. The van der Waals surface area contributed by atoms with Crippen molar-refractivity contribution >= 4 is 16.7 Å². The molecule has 0 bridgehead atoms. The maximum Gasteiger partial charge on any atom is 0.220 e. The summed E-state index contributed by atoms with van der Waals surface area (Å²) in [5.74, 6) is 1.00. The summed E-state index contributed by atoms with van der Waals surface area (Å²) in [7, 11) is -0.940. The number of carbonyl (C=O) groups is 1. The molecule has 1 aromatic carbocycles. The molecule has 0 aliphatic rings. The molecule has 0 aromatic heterocycles. The molecule has 0 radical (unpaired) electrons. The lowest BCUT2D eigenvalue weighted by molar-refractivity contribution is -0.121. The molecule has 1 rings (SSSR count). The van der Waals surface area contributed by atoms with Gasteiger partial charge in [0.2, 0.25) is 5.91 Å². The minimum atomic E-state index is -0.940. The van der Waals surface area contributed by atoms with E-state index in [1.54, 1.807) is 0 Å². The van der Waals surface area contributed by atoms with Crippen molar-refractivity contribution in [1.29, 1.82) is 0 Å². The molecule has 3 N–H and O–H groups in total. The van der Waals surface area contributed by atoms with Crippen LogP contribution in [0.15, 0.2) is 30.3 Å². The first-order valence-electron chi connectivity index (χ1n) is 6.49. The molecule has 5 heteroatoms. The highest BCUT2D eigenvalue weighted by molar-refractivity contribution is 7.84. The molecule has 2 unspecified atom stereocenters. The molecule has 0 spiro atoms. The first-order valence-corrected chi connectivity index (χ1v) is 7.98. The monoisotopic (exact) mass is 282 g/mol. The van der Waals surface area contributed by atoms with Crippen LogP contribution in [0.25, 0.3) is 0 Å². The molecule has 1 amide bonds. The van der Waals surface area contributed by atoms with Gasteiger partial charge in [-0.25, -0.2) is 0 Å². The number of nitrogens with one attached hydrogen (secondary N) is 1. The Hall–Kier alpha value is -1.20. The highest BCUT2D eigenvalue weighted by Gasteiger charge is 2.05. The molecule has 0 saturated heterocycles. The van der Waals surface area contributed by atoms with E-state index in [2.05, 4.69) is 5.32 Å². The Labute approximate surface area is 117 Å². The van der Waals surface area contributed by atoms with Gasteiger partial charge in [-0.15, -0.1) is 0 Å². The smallest absolute Gasteiger partial charge is 0.220 e. The summed E-state index contributed by atoms with van der Waals surface area (Å²) >= 11 is 0. The van der Waals surface area contributed by atoms with E-state index in [0.29, 0.717) is 30.9 Å². The Kier molecular flexibility index (Phi) is 7.36. The third kappa shape index (κ3) is 7.74. The maximum atomic E-state index is 11.8.